The molecule has 16 heavy (non-hydrogen) atoms. The van der Waals surface area contributed by atoms with E-state index in [0.29, 0.717) is 0 Å². The number of hydrogen-bond acceptors (Lipinski definition) is 2. The summed E-state index contributed by atoms with van der Waals surface area (Å²) in [6, 6.07) is 16.2. The van der Waals surface area contributed by atoms with Crippen molar-refractivity contribution < 1.29 is 0 Å². The van der Waals surface area contributed by atoms with Gasteiger partial charge in [0.25, 0.3) is 0 Å². The molecule has 0 saturated carbocycles. The maximum Gasteiger partial charge on any atom is 0.212 e. The number of pyridine rings is 1. The molecule has 0 fully saturated rings. The van der Waals surface area contributed by atoms with Crippen molar-refractivity contribution in [3.05, 3.63) is 52.4 Å². The highest BCUT2D eigenvalue weighted by molar-refractivity contribution is 14.1. The molecule has 2 heterocycles. The van der Waals surface area contributed by atoms with Crippen LogP contribution < -0.4 is 0 Å². The van der Waals surface area contributed by atoms with Gasteiger partial charge in [-0.2, -0.15) is 0 Å². The molecule has 0 saturated heterocycles. The van der Waals surface area contributed by atoms with Crippen molar-refractivity contribution in [2.24, 2.45) is 0 Å². The highest BCUT2D eigenvalue weighted by atomic mass is 127. The van der Waals surface area contributed by atoms with Gasteiger partial charge in [-0.05, 0) is 12.1 Å². The van der Waals surface area contributed by atoms with Crippen molar-refractivity contribution in [2.75, 3.05) is 0 Å². The maximum atomic E-state index is 4.38. The van der Waals surface area contributed by atoms with Crippen LogP contribution in [0.1, 0.15) is 0 Å². The monoisotopic (exact) mass is 321 g/mol. The van der Waals surface area contributed by atoms with Gasteiger partial charge in [0.2, 0.25) is 3.83 Å². The predicted molar refractivity (Wildman–Crippen MR) is 71.1 cm³/mol. The second-order valence-corrected chi connectivity index (χ2v) is 4.39. The molecule has 0 aliphatic rings. The molecule has 4 heteroatoms. The van der Waals surface area contributed by atoms with E-state index in [1.807, 2.05) is 40.9 Å². The Morgan fingerprint density at radius 3 is 2.56 bits per heavy atom. The third-order valence-electron chi connectivity index (χ3n) is 2.40. The van der Waals surface area contributed by atoms with Crippen LogP contribution in [0, 0.1) is 3.83 Å². The van der Waals surface area contributed by atoms with Crippen LogP contribution in [0.2, 0.25) is 0 Å². The molecular formula is C12H8IN3. The zero-order valence-corrected chi connectivity index (χ0v) is 10.5. The molecule has 0 atom stereocenters. The number of halogens is 1. The molecule has 0 aliphatic carbocycles. The zero-order chi connectivity index (χ0) is 11.0. The lowest BCUT2D eigenvalue weighted by Gasteiger charge is -2.02. The molecule has 2 aromatic heterocycles. The minimum absolute atomic E-state index is 0.765. The molecule has 0 N–H and O–H groups in total. The summed E-state index contributed by atoms with van der Waals surface area (Å²) in [6.45, 7) is 0. The Hall–Kier alpha value is -1.43. The van der Waals surface area contributed by atoms with Crippen LogP contribution in [0.3, 0.4) is 0 Å². The first-order valence-electron chi connectivity index (χ1n) is 4.91. The fraction of sp³-hybridized carbons (Fsp3) is 0. The fourth-order valence-electron chi connectivity index (χ4n) is 1.71. The van der Waals surface area contributed by atoms with Crippen molar-refractivity contribution >= 4 is 28.2 Å². The SMILES string of the molecule is Ic1nc2cccc(-c3ccccc3)n2n1. The number of nitrogens with zero attached hydrogens (tertiary/aromatic N) is 3. The Labute approximate surface area is 106 Å². The minimum atomic E-state index is 0.765. The van der Waals surface area contributed by atoms with Gasteiger partial charge in [0, 0.05) is 28.2 Å². The lowest BCUT2D eigenvalue weighted by atomic mass is 10.1. The highest BCUT2D eigenvalue weighted by Gasteiger charge is 2.05. The zero-order valence-electron chi connectivity index (χ0n) is 8.34. The summed E-state index contributed by atoms with van der Waals surface area (Å²) in [5, 5.41) is 4.38. The highest BCUT2D eigenvalue weighted by Crippen LogP contribution is 2.19. The van der Waals surface area contributed by atoms with Gasteiger partial charge >= 0.3 is 0 Å². The topological polar surface area (TPSA) is 30.2 Å². The quantitative estimate of drug-likeness (QED) is 0.645. The first-order chi connectivity index (χ1) is 7.84. The van der Waals surface area contributed by atoms with Gasteiger partial charge in [0.05, 0.1) is 5.69 Å². The van der Waals surface area contributed by atoms with Crippen LogP contribution in [-0.4, -0.2) is 14.6 Å². The molecule has 0 radical (unpaired) electrons. The fourth-order valence-corrected chi connectivity index (χ4v) is 2.17. The molecule has 0 unspecified atom stereocenters. The average molecular weight is 321 g/mol. The van der Waals surface area contributed by atoms with Gasteiger partial charge in [-0.15, -0.1) is 5.10 Å². The van der Waals surface area contributed by atoms with E-state index in [9.17, 15) is 0 Å². The van der Waals surface area contributed by atoms with Crippen LogP contribution in [0.5, 0.6) is 0 Å². The van der Waals surface area contributed by atoms with Gasteiger partial charge in [0.1, 0.15) is 0 Å². The van der Waals surface area contributed by atoms with Crippen LogP contribution >= 0.6 is 22.6 Å². The first-order valence-corrected chi connectivity index (χ1v) is 5.99. The molecule has 3 aromatic rings. The van der Waals surface area contributed by atoms with Gasteiger partial charge in [-0.1, -0.05) is 36.4 Å². The number of fused-ring (bicyclic) bond motifs is 1. The average Bonchev–Trinajstić information content (AvgIpc) is 2.70. The molecule has 0 spiro atoms. The van der Waals surface area contributed by atoms with Crippen molar-refractivity contribution in [2.45, 2.75) is 0 Å². The summed E-state index contributed by atoms with van der Waals surface area (Å²) >= 11 is 2.13. The number of aromatic nitrogens is 3. The van der Waals surface area contributed by atoms with Gasteiger partial charge in [-0.3, -0.25) is 0 Å². The van der Waals surface area contributed by atoms with Crippen LogP contribution in [0.15, 0.2) is 48.5 Å². The Balaban J connectivity index is 2.31. The van der Waals surface area contributed by atoms with Crippen molar-refractivity contribution in [1.82, 2.24) is 14.6 Å². The third kappa shape index (κ3) is 1.59. The molecule has 0 amide bonds. The standard InChI is InChI=1S/C12H8IN3/c13-12-14-11-8-4-7-10(16(11)15-12)9-5-2-1-3-6-9/h1-8H. The second-order valence-electron chi connectivity index (χ2n) is 3.43. The molecule has 0 aliphatic heterocycles. The lowest BCUT2D eigenvalue weighted by Crippen LogP contribution is -1.93. The van der Waals surface area contributed by atoms with Crippen LogP contribution in [0.25, 0.3) is 16.9 Å². The Morgan fingerprint density at radius 2 is 1.75 bits per heavy atom. The molecular weight excluding hydrogens is 313 g/mol. The summed E-state index contributed by atoms with van der Waals surface area (Å²) in [4.78, 5) is 4.34. The molecule has 0 bridgehead atoms. The normalized spacial score (nSPS) is 10.8. The predicted octanol–water partition coefficient (Wildman–Crippen LogP) is 3.00. The molecule has 3 nitrogen and oxygen atoms in total. The van der Waals surface area contributed by atoms with E-state index in [2.05, 4.69) is 44.8 Å². The van der Waals surface area contributed by atoms with E-state index in [1.165, 1.54) is 0 Å². The largest absolute Gasteiger partial charge is 0.212 e. The van der Waals surface area contributed by atoms with E-state index in [-0.39, 0.29) is 0 Å². The second kappa shape index (κ2) is 3.86. The van der Waals surface area contributed by atoms with Crippen LogP contribution in [-0.2, 0) is 0 Å². The minimum Gasteiger partial charge on any atom is -0.212 e. The lowest BCUT2D eigenvalue weighted by molar-refractivity contribution is 0.952. The Kier molecular flexibility index (Phi) is 2.36. The van der Waals surface area contributed by atoms with Gasteiger partial charge in [-0.25, -0.2) is 9.50 Å². The molecule has 78 valence electrons. The summed E-state index contributed by atoms with van der Waals surface area (Å²) in [7, 11) is 0. The van der Waals surface area contributed by atoms with Crippen molar-refractivity contribution in [3.63, 3.8) is 0 Å². The van der Waals surface area contributed by atoms with E-state index >= 15 is 0 Å². The van der Waals surface area contributed by atoms with E-state index in [1.54, 1.807) is 0 Å². The smallest absolute Gasteiger partial charge is 0.212 e. The van der Waals surface area contributed by atoms with Crippen molar-refractivity contribution in [3.8, 4) is 11.3 Å². The van der Waals surface area contributed by atoms with Crippen LogP contribution in [0.4, 0.5) is 0 Å². The summed E-state index contributed by atoms with van der Waals surface area (Å²) in [6.07, 6.45) is 0. The third-order valence-corrected chi connectivity index (χ3v) is 2.86. The van der Waals surface area contributed by atoms with Gasteiger partial charge < -0.3 is 0 Å². The Morgan fingerprint density at radius 1 is 0.938 bits per heavy atom. The van der Waals surface area contributed by atoms with E-state index < -0.39 is 0 Å². The number of rotatable bonds is 1. The first kappa shape index (κ1) is 9.77. The summed E-state index contributed by atoms with van der Waals surface area (Å²) < 4.78 is 2.64. The number of benzene rings is 1. The van der Waals surface area contributed by atoms with E-state index in [4.69, 9.17) is 0 Å². The van der Waals surface area contributed by atoms with E-state index in [0.717, 1.165) is 20.7 Å². The van der Waals surface area contributed by atoms with Crippen molar-refractivity contribution in [1.29, 1.82) is 0 Å². The summed E-state index contributed by atoms with van der Waals surface area (Å²) in [5.41, 5.74) is 3.09. The molecule has 1 aromatic carbocycles. The van der Waals surface area contributed by atoms with Gasteiger partial charge in [0.15, 0.2) is 5.65 Å². The maximum absolute atomic E-state index is 4.38. The number of hydrogen-bond donors (Lipinski definition) is 0. The molecule has 3 rings (SSSR count). The Bertz CT molecular complexity index is 631. The summed E-state index contributed by atoms with van der Waals surface area (Å²) in [5.74, 6) is 0.